The summed E-state index contributed by atoms with van der Waals surface area (Å²) in [5.41, 5.74) is 9.29. The first-order valence-electron chi connectivity index (χ1n) is 11.8. The number of methoxy groups -OCH3 is 1. The number of amides is 1. The molecule has 2 aromatic carbocycles. The van der Waals surface area contributed by atoms with Crippen LogP contribution in [0.2, 0.25) is 5.02 Å². The predicted octanol–water partition coefficient (Wildman–Crippen LogP) is 6.00. The summed E-state index contributed by atoms with van der Waals surface area (Å²) in [4.78, 5) is 14.5. The monoisotopic (exact) mass is 483 g/mol. The third-order valence-corrected chi connectivity index (χ3v) is 6.57. The van der Waals surface area contributed by atoms with Gasteiger partial charge in [0.1, 0.15) is 11.4 Å². The van der Waals surface area contributed by atoms with Crippen LogP contribution in [-0.4, -0.2) is 41.8 Å². The predicted molar refractivity (Wildman–Crippen MR) is 135 cm³/mol. The number of rotatable bonds is 4. The van der Waals surface area contributed by atoms with Gasteiger partial charge in [-0.2, -0.15) is 0 Å². The number of hydrogen-bond acceptors (Lipinski definition) is 5. The van der Waals surface area contributed by atoms with Crippen LogP contribution in [0.3, 0.4) is 0 Å². The first-order valence-corrected chi connectivity index (χ1v) is 12.1. The second-order valence-corrected chi connectivity index (χ2v) is 10.4. The van der Waals surface area contributed by atoms with Crippen molar-refractivity contribution in [1.82, 2.24) is 15.3 Å². The van der Waals surface area contributed by atoms with E-state index in [9.17, 15) is 4.79 Å². The van der Waals surface area contributed by atoms with Crippen LogP contribution in [0.4, 0.5) is 4.79 Å². The maximum Gasteiger partial charge on any atom is 0.410 e. The lowest BCUT2D eigenvalue weighted by molar-refractivity contribution is 0.0253. The number of nitrogens with one attached hydrogen (secondary N) is 1. The highest BCUT2D eigenvalue weighted by molar-refractivity contribution is 6.30. The molecule has 1 unspecified atom stereocenters. The molecule has 0 aromatic heterocycles. The molecule has 0 radical (unpaired) electrons. The molecule has 182 valence electrons. The van der Waals surface area contributed by atoms with E-state index in [1.807, 2.05) is 43.9 Å². The van der Waals surface area contributed by atoms with Crippen molar-refractivity contribution in [3.8, 4) is 5.75 Å². The van der Waals surface area contributed by atoms with Crippen LogP contribution in [0.5, 0.6) is 5.75 Å². The SMILES string of the molecule is COc1ccc(CN2NC3=C(CCN(C(=O)OC(C)(C)C)CC3)C2c2ccc(Cl)cc2)c(C)c1. The van der Waals surface area contributed by atoms with Crippen LogP contribution in [-0.2, 0) is 11.3 Å². The number of nitrogens with zero attached hydrogens (tertiary/aromatic N) is 2. The first-order chi connectivity index (χ1) is 16.1. The maximum absolute atomic E-state index is 12.7. The Morgan fingerprint density at radius 1 is 1.12 bits per heavy atom. The largest absolute Gasteiger partial charge is 0.497 e. The minimum Gasteiger partial charge on any atom is -0.497 e. The van der Waals surface area contributed by atoms with Gasteiger partial charge in [-0.25, -0.2) is 9.80 Å². The van der Waals surface area contributed by atoms with Gasteiger partial charge in [-0.1, -0.05) is 29.8 Å². The standard InChI is InChI=1S/C27H34ClN3O3/c1-18-16-22(33-5)11-8-20(18)17-31-25(19-6-9-21(28)10-7-19)23-12-14-30(15-13-24(23)29-31)26(32)34-27(2,3)4/h6-11,16,25,29H,12-15,17H2,1-5H3. The Morgan fingerprint density at radius 2 is 1.82 bits per heavy atom. The van der Waals surface area contributed by atoms with Gasteiger partial charge in [0, 0.05) is 36.8 Å². The van der Waals surface area contributed by atoms with E-state index in [4.69, 9.17) is 21.1 Å². The molecule has 1 N–H and O–H groups in total. The van der Waals surface area contributed by atoms with Crippen molar-refractivity contribution in [2.75, 3.05) is 20.2 Å². The molecule has 7 heteroatoms. The zero-order valence-electron chi connectivity index (χ0n) is 20.7. The van der Waals surface area contributed by atoms with Gasteiger partial charge < -0.3 is 19.8 Å². The van der Waals surface area contributed by atoms with E-state index >= 15 is 0 Å². The van der Waals surface area contributed by atoms with Gasteiger partial charge in [0.15, 0.2) is 0 Å². The molecule has 2 aliphatic rings. The lowest BCUT2D eigenvalue weighted by Gasteiger charge is -2.30. The van der Waals surface area contributed by atoms with Crippen molar-refractivity contribution in [1.29, 1.82) is 0 Å². The molecule has 2 aromatic rings. The molecule has 4 rings (SSSR count). The first kappa shape index (κ1) is 24.4. The van der Waals surface area contributed by atoms with Crippen LogP contribution < -0.4 is 10.2 Å². The molecule has 0 bridgehead atoms. The Bertz CT molecular complexity index is 1080. The molecule has 2 aliphatic heterocycles. The number of benzene rings is 2. The number of ether oxygens (including phenoxy) is 2. The summed E-state index contributed by atoms with van der Waals surface area (Å²) in [5.74, 6) is 0.862. The molecular formula is C27H34ClN3O3. The van der Waals surface area contributed by atoms with Crippen LogP contribution in [0, 0.1) is 6.92 Å². The average molecular weight is 484 g/mol. The van der Waals surface area contributed by atoms with Gasteiger partial charge >= 0.3 is 6.09 Å². The minimum absolute atomic E-state index is 0.0624. The van der Waals surface area contributed by atoms with Crippen molar-refractivity contribution < 1.29 is 14.3 Å². The number of hydrogen-bond donors (Lipinski definition) is 1. The molecule has 1 amide bonds. The summed E-state index contributed by atoms with van der Waals surface area (Å²) < 4.78 is 11.0. The summed E-state index contributed by atoms with van der Waals surface area (Å²) in [5, 5.41) is 3.02. The molecule has 2 heterocycles. The second kappa shape index (κ2) is 9.88. The van der Waals surface area contributed by atoms with E-state index in [0.717, 1.165) is 30.2 Å². The fourth-order valence-electron chi connectivity index (χ4n) is 4.60. The van der Waals surface area contributed by atoms with E-state index in [-0.39, 0.29) is 12.1 Å². The molecule has 1 atom stereocenters. The van der Waals surface area contributed by atoms with Crippen molar-refractivity contribution >= 4 is 17.7 Å². The van der Waals surface area contributed by atoms with Crippen molar-refractivity contribution in [3.05, 3.63) is 75.4 Å². The van der Waals surface area contributed by atoms with Crippen LogP contribution in [0.25, 0.3) is 0 Å². The summed E-state index contributed by atoms with van der Waals surface area (Å²) in [6, 6.07) is 14.3. The highest BCUT2D eigenvalue weighted by Gasteiger charge is 2.36. The van der Waals surface area contributed by atoms with Crippen molar-refractivity contribution in [2.45, 2.75) is 58.7 Å². The van der Waals surface area contributed by atoms with E-state index in [1.54, 1.807) is 7.11 Å². The van der Waals surface area contributed by atoms with Gasteiger partial charge in [-0.3, -0.25) is 0 Å². The molecule has 34 heavy (non-hydrogen) atoms. The number of hydrazine groups is 1. The average Bonchev–Trinajstić information content (AvgIpc) is 2.97. The molecule has 0 fully saturated rings. The van der Waals surface area contributed by atoms with E-state index in [1.165, 1.54) is 28.0 Å². The van der Waals surface area contributed by atoms with Crippen molar-refractivity contribution in [2.24, 2.45) is 0 Å². The summed E-state index contributed by atoms with van der Waals surface area (Å²) in [7, 11) is 1.69. The number of carbonyl (C=O) groups is 1. The second-order valence-electron chi connectivity index (χ2n) is 9.96. The number of halogens is 1. The summed E-state index contributed by atoms with van der Waals surface area (Å²) in [6.07, 6.45) is 1.30. The molecular weight excluding hydrogens is 450 g/mol. The highest BCUT2D eigenvalue weighted by Crippen LogP contribution is 2.40. The Hall–Kier alpha value is -2.70. The van der Waals surface area contributed by atoms with Gasteiger partial charge in [-0.05, 0) is 80.6 Å². The third-order valence-electron chi connectivity index (χ3n) is 6.32. The van der Waals surface area contributed by atoms with E-state index in [0.29, 0.717) is 13.1 Å². The topological polar surface area (TPSA) is 54.0 Å². The zero-order chi connectivity index (χ0) is 24.5. The third kappa shape index (κ3) is 5.50. The summed E-state index contributed by atoms with van der Waals surface area (Å²) >= 11 is 6.19. The smallest absolute Gasteiger partial charge is 0.410 e. The van der Waals surface area contributed by atoms with Crippen LogP contribution in [0.15, 0.2) is 53.7 Å². The molecule has 0 aliphatic carbocycles. The van der Waals surface area contributed by atoms with Crippen LogP contribution in [0.1, 0.15) is 56.3 Å². The van der Waals surface area contributed by atoms with Crippen molar-refractivity contribution in [3.63, 3.8) is 0 Å². The summed E-state index contributed by atoms with van der Waals surface area (Å²) in [6.45, 7) is 9.82. The lowest BCUT2D eigenvalue weighted by Crippen LogP contribution is -2.39. The molecule has 0 spiro atoms. The minimum atomic E-state index is -0.503. The molecule has 0 saturated heterocycles. The van der Waals surface area contributed by atoms with E-state index in [2.05, 4.69) is 41.6 Å². The van der Waals surface area contributed by atoms with Gasteiger partial charge in [0.2, 0.25) is 0 Å². The van der Waals surface area contributed by atoms with Crippen LogP contribution >= 0.6 is 11.6 Å². The van der Waals surface area contributed by atoms with Gasteiger partial charge in [0.25, 0.3) is 0 Å². The normalized spacial score (nSPS) is 18.9. The van der Waals surface area contributed by atoms with Gasteiger partial charge in [-0.15, -0.1) is 0 Å². The van der Waals surface area contributed by atoms with E-state index < -0.39 is 5.60 Å². The Morgan fingerprint density at radius 3 is 2.47 bits per heavy atom. The number of carbonyl (C=O) groups excluding carboxylic acids is 1. The highest BCUT2D eigenvalue weighted by atomic mass is 35.5. The molecule has 0 saturated carbocycles. The fraction of sp³-hybridized carbons (Fsp3) is 0.444. The quantitative estimate of drug-likeness (QED) is 0.577. The Balaban J connectivity index is 1.58. The maximum atomic E-state index is 12.7. The zero-order valence-corrected chi connectivity index (χ0v) is 21.4. The Kier molecular flexibility index (Phi) is 7.10. The Labute approximate surface area is 207 Å². The van der Waals surface area contributed by atoms with Gasteiger partial charge in [0.05, 0.1) is 13.2 Å². The molecule has 6 nitrogen and oxygen atoms in total. The lowest BCUT2D eigenvalue weighted by atomic mass is 9.95. The number of aryl methyl sites for hydroxylation is 1. The fourth-order valence-corrected chi connectivity index (χ4v) is 4.73.